The van der Waals surface area contributed by atoms with Crippen LogP contribution < -0.4 is 10.2 Å². The molecule has 1 unspecified atom stereocenters. The van der Waals surface area contributed by atoms with Crippen molar-refractivity contribution in [3.8, 4) is 5.75 Å². The fourth-order valence-corrected chi connectivity index (χ4v) is 4.46. The van der Waals surface area contributed by atoms with Crippen molar-refractivity contribution < 1.29 is 4.74 Å². The minimum Gasteiger partial charge on any atom is -0.471 e. The number of hydrogen-bond donors (Lipinski definition) is 1. The number of pyridine rings is 1. The van der Waals surface area contributed by atoms with Gasteiger partial charge in [-0.2, -0.15) is 5.01 Å². The molecule has 25 heavy (non-hydrogen) atoms. The summed E-state index contributed by atoms with van der Waals surface area (Å²) in [5.74, 6) is 0.957. The summed E-state index contributed by atoms with van der Waals surface area (Å²) >= 11 is 6.27. The zero-order valence-electron chi connectivity index (χ0n) is 13.9. The highest BCUT2D eigenvalue weighted by molar-refractivity contribution is 6.30. The lowest BCUT2D eigenvalue weighted by atomic mass is 9.87. The zero-order valence-corrected chi connectivity index (χ0v) is 14.7. The number of hydrogen-bond acceptors (Lipinski definition) is 4. The molecule has 1 fully saturated rings. The van der Waals surface area contributed by atoms with E-state index in [9.17, 15) is 0 Å². The van der Waals surface area contributed by atoms with Crippen LogP contribution in [0.5, 0.6) is 5.75 Å². The zero-order chi connectivity index (χ0) is 16.9. The lowest BCUT2D eigenvalue weighted by Crippen LogP contribution is -2.60. The molecule has 1 saturated carbocycles. The van der Waals surface area contributed by atoms with Gasteiger partial charge in [0, 0.05) is 41.4 Å². The fraction of sp³-hybridized carbons (Fsp3) is 0.350. The van der Waals surface area contributed by atoms with Crippen molar-refractivity contribution in [2.45, 2.75) is 43.9 Å². The molecule has 1 aromatic heterocycles. The van der Waals surface area contributed by atoms with Crippen LogP contribution in [0.4, 0.5) is 0 Å². The van der Waals surface area contributed by atoms with E-state index in [1.807, 2.05) is 30.5 Å². The smallest absolute Gasteiger partial charge is 0.180 e. The van der Waals surface area contributed by atoms with Crippen molar-refractivity contribution in [1.29, 1.82) is 0 Å². The predicted molar refractivity (Wildman–Crippen MR) is 97.8 cm³/mol. The van der Waals surface area contributed by atoms with Gasteiger partial charge >= 0.3 is 0 Å². The molecule has 5 heteroatoms. The first-order valence-corrected chi connectivity index (χ1v) is 9.30. The van der Waals surface area contributed by atoms with E-state index in [0.29, 0.717) is 0 Å². The molecule has 5 rings (SSSR count). The number of fused-ring (bicyclic) bond motifs is 4. The Morgan fingerprint density at radius 2 is 2.08 bits per heavy atom. The molecule has 2 aromatic rings. The van der Waals surface area contributed by atoms with E-state index in [4.69, 9.17) is 16.3 Å². The summed E-state index contributed by atoms with van der Waals surface area (Å²) in [6, 6.07) is 10.1. The van der Waals surface area contributed by atoms with E-state index >= 15 is 0 Å². The summed E-state index contributed by atoms with van der Waals surface area (Å²) in [6.07, 6.45) is 11.7. The molecule has 0 amide bonds. The van der Waals surface area contributed by atoms with Crippen molar-refractivity contribution in [2.75, 3.05) is 0 Å². The van der Waals surface area contributed by atoms with Crippen LogP contribution in [0.1, 0.15) is 49.3 Å². The van der Waals surface area contributed by atoms with Crippen molar-refractivity contribution >= 4 is 17.3 Å². The maximum atomic E-state index is 6.57. The molecule has 0 bridgehead atoms. The third kappa shape index (κ3) is 2.43. The fourth-order valence-electron chi connectivity index (χ4n) is 4.28. The first-order valence-electron chi connectivity index (χ1n) is 8.92. The van der Waals surface area contributed by atoms with Gasteiger partial charge in [-0.3, -0.25) is 4.98 Å². The lowest BCUT2D eigenvalue weighted by molar-refractivity contribution is -0.150. The van der Waals surface area contributed by atoms with Gasteiger partial charge in [-0.05, 0) is 49.2 Å². The van der Waals surface area contributed by atoms with Crippen LogP contribution in [0.2, 0.25) is 5.02 Å². The molecule has 0 radical (unpaired) electrons. The molecule has 3 aliphatic rings. The average Bonchev–Trinajstić information content (AvgIpc) is 3.11. The second-order valence-electron chi connectivity index (χ2n) is 7.04. The molecule has 1 spiro atoms. The first-order chi connectivity index (χ1) is 12.3. The topological polar surface area (TPSA) is 37.4 Å². The van der Waals surface area contributed by atoms with Gasteiger partial charge in [0.25, 0.3) is 0 Å². The Balaban J connectivity index is 1.62. The van der Waals surface area contributed by atoms with E-state index < -0.39 is 0 Å². The van der Waals surface area contributed by atoms with E-state index in [-0.39, 0.29) is 11.8 Å². The molecular weight excluding hydrogens is 334 g/mol. The Bertz CT molecular complexity index is 830. The number of aromatic nitrogens is 1. The Morgan fingerprint density at radius 1 is 1.20 bits per heavy atom. The Morgan fingerprint density at radius 3 is 2.88 bits per heavy atom. The number of ether oxygens (including phenoxy) is 1. The Labute approximate surface area is 152 Å². The second-order valence-corrected chi connectivity index (χ2v) is 7.48. The maximum absolute atomic E-state index is 6.57. The van der Waals surface area contributed by atoms with Crippen molar-refractivity contribution in [1.82, 2.24) is 15.4 Å². The number of halogens is 1. The monoisotopic (exact) mass is 353 g/mol. The van der Waals surface area contributed by atoms with E-state index in [0.717, 1.165) is 40.4 Å². The van der Waals surface area contributed by atoms with Crippen LogP contribution in [0.3, 0.4) is 0 Å². The summed E-state index contributed by atoms with van der Waals surface area (Å²) in [6.45, 7) is 0. The highest BCUT2D eigenvalue weighted by Crippen LogP contribution is 2.50. The number of benzene rings is 1. The molecule has 1 atom stereocenters. The largest absolute Gasteiger partial charge is 0.471 e. The number of rotatable bonds is 1. The molecule has 3 heterocycles. The van der Waals surface area contributed by atoms with E-state index in [1.165, 1.54) is 19.3 Å². The van der Waals surface area contributed by atoms with Crippen molar-refractivity contribution in [3.63, 3.8) is 0 Å². The highest BCUT2D eigenvalue weighted by atomic mass is 35.5. The maximum Gasteiger partial charge on any atom is 0.180 e. The van der Waals surface area contributed by atoms with Crippen LogP contribution in [0.15, 0.2) is 48.8 Å². The minimum absolute atomic E-state index is 0.121. The van der Waals surface area contributed by atoms with Crippen LogP contribution >= 0.6 is 11.6 Å². The summed E-state index contributed by atoms with van der Waals surface area (Å²) in [5.41, 5.74) is 6.62. The summed E-state index contributed by atoms with van der Waals surface area (Å²) in [7, 11) is 0. The van der Waals surface area contributed by atoms with Gasteiger partial charge in [-0.25, -0.2) is 0 Å². The molecule has 0 saturated heterocycles. The summed E-state index contributed by atoms with van der Waals surface area (Å²) in [5, 5.41) is 3.04. The molecule has 1 aliphatic carbocycles. The molecule has 128 valence electrons. The summed E-state index contributed by atoms with van der Waals surface area (Å²) < 4.78 is 6.57. The number of nitrogens with zero attached hydrogens (tertiary/aromatic N) is 2. The molecule has 1 N–H and O–H groups in total. The summed E-state index contributed by atoms with van der Waals surface area (Å²) in [4.78, 5) is 4.26. The van der Waals surface area contributed by atoms with Crippen LogP contribution in [0.25, 0.3) is 5.70 Å². The third-order valence-corrected chi connectivity index (χ3v) is 5.72. The van der Waals surface area contributed by atoms with Gasteiger partial charge in [0.15, 0.2) is 5.72 Å². The van der Waals surface area contributed by atoms with Crippen molar-refractivity contribution in [3.05, 3.63) is 65.0 Å². The molecule has 2 aliphatic heterocycles. The lowest BCUT2D eigenvalue weighted by Gasteiger charge is -2.50. The molecule has 4 nitrogen and oxygen atoms in total. The SMILES string of the molecule is Clc1ccc2c(c1)C1C=C(c3cccnc3)NN1C1(CCCCC1)O2. The normalized spacial score (nSPS) is 24.0. The Kier molecular flexibility index (Phi) is 3.50. The van der Waals surface area contributed by atoms with Gasteiger partial charge in [-0.1, -0.05) is 18.0 Å². The van der Waals surface area contributed by atoms with Crippen LogP contribution in [0, 0.1) is 0 Å². The molecule has 1 aromatic carbocycles. The predicted octanol–water partition coefficient (Wildman–Crippen LogP) is 4.69. The minimum atomic E-state index is -0.287. The first kappa shape index (κ1) is 15.2. The number of nitrogens with one attached hydrogen (secondary N) is 1. The second kappa shape index (κ2) is 5.75. The van der Waals surface area contributed by atoms with Gasteiger partial charge in [0.2, 0.25) is 0 Å². The van der Waals surface area contributed by atoms with E-state index in [1.54, 1.807) is 6.20 Å². The van der Waals surface area contributed by atoms with Crippen LogP contribution in [-0.4, -0.2) is 15.7 Å². The molecular formula is C20H20ClN3O. The third-order valence-electron chi connectivity index (χ3n) is 5.48. The van der Waals surface area contributed by atoms with Gasteiger partial charge < -0.3 is 10.2 Å². The van der Waals surface area contributed by atoms with Crippen LogP contribution in [-0.2, 0) is 0 Å². The van der Waals surface area contributed by atoms with Gasteiger partial charge in [-0.15, -0.1) is 0 Å². The van der Waals surface area contributed by atoms with Crippen molar-refractivity contribution in [2.24, 2.45) is 0 Å². The standard InChI is InChI=1S/C20H20ClN3O/c21-15-6-7-19-16(11-15)18-12-17(14-5-4-10-22-13-14)23-24(18)20(25-19)8-2-1-3-9-20/h4-7,10-13,18,23H,1-3,8-9H2. The van der Waals surface area contributed by atoms with Gasteiger partial charge in [0.05, 0.1) is 11.7 Å². The quantitative estimate of drug-likeness (QED) is 0.807. The number of hydrazine groups is 1. The Hall–Kier alpha value is -2.04. The average molecular weight is 354 g/mol. The highest BCUT2D eigenvalue weighted by Gasteiger charge is 2.50. The van der Waals surface area contributed by atoms with Gasteiger partial charge in [0.1, 0.15) is 5.75 Å². The van der Waals surface area contributed by atoms with E-state index in [2.05, 4.69) is 27.6 Å².